The molecule has 0 unspecified atom stereocenters. The zero-order valence-electron chi connectivity index (χ0n) is 11.6. The van der Waals surface area contributed by atoms with Crippen LogP contribution in [-0.2, 0) is 10.0 Å². The molecule has 0 bridgehead atoms. The lowest BCUT2D eigenvalue weighted by Gasteiger charge is -2.09. The van der Waals surface area contributed by atoms with Crippen molar-refractivity contribution in [3.8, 4) is 0 Å². The minimum Gasteiger partial charge on any atom is -0.335 e. The van der Waals surface area contributed by atoms with Crippen LogP contribution in [-0.4, -0.2) is 28.6 Å². The third kappa shape index (κ3) is 2.97. The molecular formula is C13H9ClF2N4O2S. The predicted molar refractivity (Wildman–Crippen MR) is 82.4 cm³/mol. The molecule has 0 radical (unpaired) electrons. The van der Waals surface area contributed by atoms with Gasteiger partial charge in [0.1, 0.15) is 17.2 Å². The van der Waals surface area contributed by atoms with Crippen molar-refractivity contribution in [2.24, 2.45) is 0 Å². The summed E-state index contributed by atoms with van der Waals surface area (Å²) in [5, 5.41) is 2.45. The highest BCUT2D eigenvalue weighted by molar-refractivity contribution is 7.89. The van der Waals surface area contributed by atoms with Crippen LogP contribution >= 0.6 is 11.6 Å². The van der Waals surface area contributed by atoms with E-state index in [1.165, 1.54) is 18.3 Å². The van der Waals surface area contributed by atoms with Crippen molar-refractivity contribution in [2.75, 3.05) is 11.6 Å². The molecule has 10 heteroatoms. The first-order valence-electron chi connectivity index (χ1n) is 6.23. The molecule has 6 nitrogen and oxygen atoms in total. The number of rotatable bonds is 3. The molecular weight excluding hydrogens is 350 g/mol. The zero-order chi connectivity index (χ0) is 16.8. The highest BCUT2D eigenvalue weighted by atomic mass is 35.5. The molecule has 23 heavy (non-hydrogen) atoms. The van der Waals surface area contributed by atoms with Crippen LogP contribution in [0, 0.1) is 11.6 Å². The summed E-state index contributed by atoms with van der Waals surface area (Å²) in [7, 11) is -3.55. The first-order valence-corrected chi connectivity index (χ1v) is 8.45. The molecule has 0 aliphatic carbocycles. The van der Waals surface area contributed by atoms with E-state index in [-0.39, 0.29) is 27.8 Å². The third-order valence-corrected chi connectivity index (χ3v) is 4.25. The molecule has 2 aromatic heterocycles. The van der Waals surface area contributed by atoms with Gasteiger partial charge < -0.3 is 5.32 Å². The number of halogens is 3. The van der Waals surface area contributed by atoms with E-state index in [2.05, 4.69) is 15.3 Å². The monoisotopic (exact) mass is 358 g/mol. The van der Waals surface area contributed by atoms with Gasteiger partial charge in [0, 0.05) is 12.3 Å². The smallest absolute Gasteiger partial charge is 0.237 e. The molecule has 3 rings (SSSR count). The molecule has 0 spiro atoms. The van der Waals surface area contributed by atoms with E-state index in [1.54, 1.807) is 0 Å². The van der Waals surface area contributed by atoms with E-state index in [4.69, 9.17) is 11.6 Å². The van der Waals surface area contributed by atoms with Gasteiger partial charge in [0.05, 0.1) is 11.9 Å². The second-order valence-electron chi connectivity index (χ2n) is 4.70. The molecule has 2 heterocycles. The van der Waals surface area contributed by atoms with Crippen LogP contribution in [0.4, 0.5) is 20.3 Å². The summed E-state index contributed by atoms with van der Waals surface area (Å²) >= 11 is 5.97. The van der Waals surface area contributed by atoms with Crippen molar-refractivity contribution < 1.29 is 17.2 Å². The van der Waals surface area contributed by atoms with Crippen molar-refractivity contribution in [1.82, 2.24) is 13.9 Å². The van der Waals surface area contributed by atoms with Crippen molar-refractivity contribution in [3.63, 3.8) is 0 Å². The van der Waals surface area contributed by atoms with Crippen LogP contribution < -0.4 is 5.32 Å². The van der Waals surface area contributed by atoms with Gasteiger partial charge in [0.2, 0.25) is 10.0 Å². The highest BCUT2D eigenvalue weighted by Crippen LogP contribution is 2.27. The minimum absolute atomic E-state index is 0.0240. The highest BCUT2D eigenvalue weighted by Gasteiger charge is 2.16. The SMILES string of the molecule is CS(=O)(=O)n1ccc2nc(Nc3ccc(F)cc3F)c(Cl)nc21. The molecule has 3 aromatic rings. The summed E-state index contributed by atoms with van der Waals surface area (Å²) in [5.41, 5.74) is 0.275. The summed E-state index contributed by atoms with van der Waals surface area (Å²) in [4.78, 5) is 8.09. The second-order valence-corrected chi connectivity index (χ2v) is 6.91. The Hall–Kier alpha value is -2.26. The first kappa shape index (κ1) is 15.6. The Morgan fingerprint density at radius 1 is 1.22 bits per heavy atom. The summed E-state index contributed by atoms with van der Waals surface area (Å²) in [6.07, 6.45) is 2.31. The van der Waals surface area contributed by atoms with Crippen LogP contribution in [0.3, 0.4) is 0 Å². The van der Waals surface area contributed by atoms with Crippen molar-refractivity contribution in [2.45, 2.75) is 0 Å². The maximum absolute atomic E-state index is 13.7. The average Bonchev–Trinajstić information content (AvgIpc) is 2.84. The van der Waals surface area contributed by atoms with Gasteiger partial charge in [0.15, 0.2) is 16.6 Å². The molecule has 120 valence electrons. The minimum atomic E-state index is -3.55. The normalized spacial score (nSPS) is 11.8. The Morgan fingerprint density at radius 2 is 1.96 bits per heavy atom. The van der Waals surface area contributed by atoms with Gasteiger partial charge in [0.25, 0.3) is 0 Å². The fraction of sp³-hybridized carbons (Fsp3) is 0.0769. The van der Waals surface area contributed by atoms with Crippen molar-refractivity contribution in [3.05, 3.63) is 47.2 Å². The van der Waals surface area contributed by atoms with Gasteiger partial charge in [-0.3, -0.25) is 0 Å². The van der Waals surface area contributed by atoms with E-state index in [1.807, 2.05) is 0 Å². The van der Waals surface area contributed by atoms with Gasteiger partial charge in [-0.05, 0) is 18.2 Å². The predicted octanol–water partition coefficient (Wildman–Crippen LogP) is 2.91. The number of benzene rings is 1. The zero-order valence-corrected chi connectivity index (χ0v) is 13.2. The fourth-order valence-electron chi connectivity index (χ4n) is 1.97. The lowest BCUT2D eigenvalue weighted by atomic mass is 10.3. The molecule has 0 aliphatic rings. The molecule has 0 atom stereocenters. The van der Waals surface area contributed by atoms with E-state index < -0.39 is 21.7 Å². The maximum atomic E-state index is 13.7. The van der Waals surface area contributed by atoms with Crippen molar-refractivity contribution >= 4 is 44.3 Å². The molecule has 0 saturated heterocycles. The fourth-order valence-corrected chi connectivity index (χ4v) is 2.87. The van der Waals surface area contributed by atoms with Gasteiger partial charge >= 0.3 is 0 Å². The number of anilines is 2. The van der Waals surface area contributed by atoms with E-state index in [9.17, 15) is 17.2 Å². The number of aromatic nitrogens is 3. The largest absolute Gasteiger partial charge is 0.335 e. The Morgan fingerprint density at radius 3 is 2.61 bits per heavy atom. The van der Waals surface area contributed by atoms with Crippen LogP contribution in [0.1, 0.15) is 0 Å². The summed E-state index contributed by atoms with van der Waals surface area (Å²) in [6, 6.07) is 4.41. The van der Waals surface area contributed by atoms with Crippen LogP contribution in [0.2, 0.25) is 5.15 Å². The average molecular weight is 359 g/mol. The Kier molecular flexibility index (Phi) is 3.69. The number of hydrogen-bond donors (Lipinski definition) is 1. The van der Waals surface area contributed by atoms with Gasteiger partial charge in [-0.2, -0.15) is 0 Å². The topological polar surface area (TPSA) is 76.9 Å². The van der Waals surface area contributed by atoms with E-state index in [0.717, 1.165) is 16.3 Å². The Labute approximate surface area is 134 Å². The summed E-state index contributed by atoms with van der Waals surface area (Å²) in [5.74, 6) is -1.52. The first-order chi connectivity index (χ1) is 10.8. The van der Waals surface area contributed by atoms with Crippen LogP contribution in [0.15, 0.2) is 30.5 Å². The number of hydrogen-bond acceptors (Lipinski definition) is 5. The van der Waals surface area contributed by atoms with Gasteiger partial charge in [-0.1, -0.05) is 11.6 Å². The standard InChI is InChI=1S/C13H9ClF2N4O2S/c1-23(21,22)20-5-4-10-13(20)19-11(14)12(18-10)17-9-3-2-7(15)6-8(9)16/h2-6H,1H3,(H,17,18). The lowest BCUT2D eigenvalue weighted by molar-refractivity contribution is 0.586. The Bertz CT molecular complexity index is 1020. The number of fused-ring (bicyclic) bond motifs is 1. The third-order valence-electron chi connectivity index (χ3n) is 2.98. The summed E-state index contributed by atoms with van der Waals surface area (Å²) < 4.78 is 50.8. The van der Waals surface area contributed by atoms with Gasteiger partial charge in [-0.25, -0.2) is 31.1 Å². The number of nitrogens with zero attached hydrogens (tertiary/aromatic N) is 3. The lowest BCUT2D eigenvalue weighted by Crippen LogP contribution is -2.09. The van der Waals surface area contributed by atoms with E-state index >= 15 is 0 Å². The molecule has 0 saturated carbocycles. The maximum Gasteiger partial charge on any atom is 0.237 e. The molecule has 0 fully saturated rings. The van der Waals surface area contributed by atoms with Crippen LogP contribution in [0.5, 0.6) is 0 Å². The number of nitrogens with one attached hydrogen (secondary N) is 1. The van der Waals surface area contributed by atoms with E-state index in [0.29, 0.717) is 6.07 Å². The quantitative estimate of drug-likeness (QED) is 0.779. The molecule has 1 N–H and O–H groups in total. The molecule has 1 aromatic carbocycles. The molecule has 0 amide bonds. The Balaban J connectivity index is 2.07. The van der Waals surface area contributed by atoms with Gasteiger partial charge in [-0.15, -0.1) is 0 Å². The summed E-state index contributed by atoms with van der Waals surface area (Å²) in [6.45, 7) is 0. The van der Waals surface area contributed by atoms with Crippen LogP contribution in [0.25, 0.3) is 11.2 Å². The molecule has 0 aliphatic heterocycles. The second kappa shape index (κ2) is 5.43. The van der Waals surface area contributed by atoms with Crippen molar-refractivity contribution in [1.29, 1.82) is 0 Å².